The van der Waals surface area contributed by atoms with Gasteiger partial charge in [-0.15, -0.1) is 0 Å². The van der Waals surface area contributed by atoms with Crippen LogP contribution in [0.1, 0.15) is 100 Å². The molecule has 0 heterocycles. The largest absolute Gasteiger partial charge is 0.460 e. The van der Waals surface area contributed by atoms with Gasteiger partial charge in [-0.3, -0.25) is 0 Å². The van der Waals surface area contributed by atoms with Gasteiger partial charge < -0.3 is 19.7 Å². The van der Waals surface area contributed by atoms with Gasteiger partial charge in [-0.25, -0.2) is 9.59 Å². The van der Waals surface area contributed by atoms with Crippen molar-refractivity contribution in [2.75, 3.05) is 0 Å². The molecular formula is C26H48O6. The molecule has 2 fully saturated rings. The Balaban J connectivity index is 0.000000320. The molecule has 6 nitrogen and oxygen atoms in total. The highest BCUT2D eigenvalue weighted by Crippen LogP contribution is 2.43. The SMILES string of the molecule is CC(O)C(=O)OC1CCCC(C)(C(C)C)C1.CC1CCC(C(C)C)C(OC(=O)C(C)O)C1. The van der Waals surface area contributed by atoms with E-state index in [4.69, 9.17) is 19.7 Å². The summed E-state index contributed by atoms with van der Waals surface area (Å²) in [6.07, 6.45) is 5.39. The zero-order chi connectivity index (χ0) is 24.6. The van der Waals surface area contributed by atoms with Crippen LogP contribution in [0.5, 0.6) is 0 Å². The van der Waals surface area contributed by atoms with Crippen molar-refractivity contribution in [2.45, 2.75) is 125 Å². The van der Waals surface area contributed by atoms with Crippen LogP contribution in [0, 0.1) is 29.1 Å². The maximum absolute atomic E-state index is 11.4. The zero-order valence-electron chi connectivity index (χ0n) is 21.6. The number of esters is 2. The summed E-state index contributed by atoms with van der Waals surface area (Å²) < 4.78 is 10.7. The monoisotopic (exact) mass is 456 g/mol. The number of aliphatic hydroxyl groups is 2. The normalized spacial score (nSPS) is 32.5. The fraction of sp³-hybridized carbons (Fsp3) is 0.923. The van der Waals surface area contributed by atoms with Crippen LogP contribution in [-0.4, -0.2) is 46.6 Å². The lowest BCUT2D eigenvalue weighted by atomic mass is 9.67. The second kappa shape index (κ2) is 12.9. The van der Waals surface area contributed by atoms with E-state index < -0.39 is 24.1 Å². The molecule has 2 aliphatic rings. The Hall–Kier alpha value is -1.14. The highest BCUT2D eigenvalue weighted by atomic mass is 16.6. The fourth-order valence-corrected chi connectivity index (χ4v) is 4.84. The first kappa shape index (κ1) is 28.9. The topological polar surface area (TPSA) is 93.1 Å². The minimum atomic E-state index is -1.01. The van der Waals surface area contributed by atoms with E-state index in [2.05, 4.69) is 41.5 Å². The minimum Gasteiger partial charge on any atom is -0.460 e. The Morgan fingerprint density at radius 2 is 1.47 bits per heavy atom. The van der Waals surface area contributed by atoms with Crippen molar-refractivity contribution < 1.29 is 29.3 Å². The summed E-state index contributed by atoms with van der Waals surface area (Å²) in [6, 6.07) is 0. The van der Waals surface area contributed by atoms with Crippen molar-refractivity contribution >= 4 is 11.9 Å². The Bertz CT molecular complexity index is 585. The van der Waals surface area contributed by atoms with E-state index in [-0.39, 0.29) is 17.6 Å². The summed E-state index contributed by atoms with van der Waals surface area (Å²) in [5.41, 5.74) is 0.266. The first-order valence-corrected chi connectivity index (χ1v) is 12.5. The van der Waals surface area contributed by atoms with Crippen LogP contribution >= 0.6 is 0 Å². The Morgan fingerprint density at radius 3 is 1.97 bits per heavy atom. The number of rotatable bonds is 6. The second-order valence-electron chi connectivity index (χ2n) is 11.1. The molecule has 188 valence electrons. The molecule has 2 saturated carbocycles. The van der Waals surface area contributed by atoms with Gasteiger partial charge in [0.15, 0.2) is 0 Å². The molecule has 0 spiro atoms. The van der Waals surface area contributed by atoms with Gasteiger partial charge in [0, 0.05) is 0 Å². The van der Waals surface area contributed by atoms with Gasteiger partial charge in [0.1, 0.15) is 24.4 Å². The van der Waals surface area contributed by atoms with Crippen molar-refractivity contribution in [3.63, 3.8) is 0 Å². The van der Waals surface area contributed by atoms with Crippen molar-refractivity contribution in [3.8, 4) is 0 Å². The van der Waals surface area contributed by atoms with Crippen LogP contribution in [0.2, 0.25) is 0 Å². The van der Waals surface area contributed by atoms with Crippen molar-refractivity contribution in [1.29, 1.82) is 0 Å². The maximum atomic E-state index is 11.4. The smallest absolute Gasteiger partial charge is 0.334 e. The molecule has 0 aliphatic heterocycles. The lowest BCUT2D eigenvalue weighted by Crippen LogP contribution is -2.37. The van der Waals surface area contributed by atoms with E-state index in [1.54, 1.807) is 0 Å². The van der Waals surface area contributed by atoms with Crippen LogP contribution in [-0.2, 0) is 19.1 Å². The first-order valence-electron chi connectivity index (χ1n) is 12.5. The highest BCUT2D eigenvalue weighted by molar-refractivity contribution is 5.74. The lowest BCUT2D eigenvalue weighted by molar-refractivity contribution is -0.165. The summed E-state index contributed by atoms with van der Waals surface area (Å²) in [6.45, 7) is 16.1. The minimum absolute atomic E-state index is 0.00847. The average molecular weight is 457 g/mol. The van der Waals surface area contributed by atoms with Crippen molar-refractivity contribution in [3.05, 3.63) is 0 Å². The summed E-state index contributed by atoms with van der Waals surface area (Å²) in [5, 5.41) is 18.3. The molecule has 0 aromatic heterocycles. The molecule has 0 amide bonds. The number of aliphatic hydroxyl groups excluding tert-OH is 2. The Labute approximate surface area is 195 Å². The van der Waals surface area contributed by atoms with Gasteiger partial charge >= 0.3 is 11.9 Å². The maximum Gasteiger partial charge on any atom is 0.334 e. The Morgan fingerprint density at radius 1 is 0.906 bits per heavy atom. The molecule has 0 saturated heterocycles. The third-order valence-corrected chi connectivity index (χ3v) is 7.56. The molecule has 2 rings (SSSR count). The van der Waals surface area contributed by atoms with Crippen molar-refractivity contribution in [1.82, 2.24) is 0 Å². The van der Waals surface area contributed by atoms with Crippen LogP contribution in [0.4, 0.5) is 0 Å². The Kier molecular flexibility index (Phi) is 11.7. The molecule has 7 unspecified atom stereocenters. The van der Waals surface area contributed by atoms with E-state index in [1.807, 2.05) is 0 Å². The first-order chi connectivity index (χ1) is 14.8. The highest BCUT2D eigenvalue weighted by Gasteiger charge is 2.37. The summed E-state index contributed by atoms with van der Waals surface area (Å²) >= 11 is 0. The number of hydrogen-bond acceptors (Lipinski definition) is 6. The molecule has 0 radical (unpaired) electrons. The number of hydrogen-bond donors (Lipinski definition) is 2. The summed E-state index contributed by atoms with van der Waals surface area (Å²) in [4.78, 5) is 22.7. The quantitative estimate of drug-likeness (QED) is 0.553. The predicted octanol–water partition coefficient (Wildman–Crippen LogP) is 4.89. The zero-order valence-corrected chi connectivity index (χ0v) is 21.6. The standard InChI is InChI=1S/2C13H24O3/c1-8(2)11-6-5-9(3)7-12(11)16-13(15)10(4)14;1-9(2)13(4)7-5-6-11(8-13)16-12(15)10(3)14/h8-12,14H,5-7H2,1-4H3;9-11,14H,5-8H2,1-4H3. The van der Waals surface area contributed by atoms with E-state index in [0.29, 0.717) is 23.7 Å². The molecule has 0 aromatic carbocycles. The third kappa shape index (κ3) is 9.01. The lowest BCUT2D eigenvalue weighted by Gasteiger charge is -2.41. The van der Waals surface area contributed by atoms with E-state index in [0.717, 1.165) is 32.1 Å². The number of carbonyl (C=O) groups is 2. The van der Waals surface area contributed by atoms with Gasteiger partial charge in [0.25, 0.3) is 0 Å². The average Bonchev–Trinajstić information content (AvgIpc) is 2.68. The van der Waals surface area contributed by atoms with Gasteiger partial charge in [-0.1, -0.05) is 48.0 Å². The molecule has 7 atom stereocenters. The fourth-order valence-electron chi connectivity index (χ4n) is 4.84. The van der Waals surface area contributed by atoms with Gasteiger partial charge in [0.05, 0.1) is 0 Å². The van der Waals surface area contributed by atoms with E-state index in [9.17, 15) is 9.59 Å². The molecule has 2 N–H and O–H groups in total. The van der Waals surface area contributed by atoms with Gasteiger partial charge in [0.2, 0.25) is 0 Å². The molecular weight excluding hydrogens is 408 g/mol. The van der Waals surface area contributed by atoms with E-state index >= 15 is 0 Å². The van der Waals surface area contributed by atoms with Crippen LogP contribution < -0.4 is 0 Å². The summed E-state index contributed by atoms with van der Waals surface area (Å²) in [7, 11) is 0. The molecule has 6 heteroatoms. The number of ether oxygens (including phenoxy) is 2. The second-order valence-corrected chi connectivity index (χ2v) is 11.1. The predicted molar refractivity (Wildman–Crippen MR) is 126 cm³/mol. The van der Waals surface area contributed by atoms with Gasteiger partial charge in [-0.05, 0) is 81.5 Å². The van der Waals surface area contributed by atoms with Gasteiger partial charge in [-0.2, -0.15) is 0 Å². The molecule has 32 heavy (non-hydrogen) atoms. The number of carbonyl (C=O) groups excluding carboxylic acids is 2. The van der Waals surface area contributed by atoms with Crippen LogP contribution in [0.3, 0.4) is 0 Å². The molecule has 2 aliphatic carbocycles. The van der Waals surface area contributed by atoms with Crippen LogP contribution in [0.15, 0.2) is 0 Å². The third-order valence-electron chi connectivity index (χ3n) is 7.56. The van der Waals surface area contributed by atoms with Crippen LogP contribution in [0.25, 0.3) is 0 Å². The van der Waals surface area contributed by atoms with Crippen molar-refractivity contribution in [2.24, 2.45) is 29.1 Å². The summed E-state index contributed by atoms with van der Waals surface area (Å²) in [5.74, 6) is 1.21. The molecule has 0 aromatic rings. The van der Waals surface area contributed by atoms with E-state index in [1.165, 1.54) is 26.7 Å². The molecule has 0 bridgehead atoms.